The van der Waals surface area contributed by atoms with Crippen molar-refractivity contribution in [2.45, 2.75) is 57.6 Å². The van der Waals surface area contributed by atoms with E-state index in [1.165, 1.54) is 14.9 Å². The lowest BCUT2D eigenvalue weighted by atomic mass is 10.2. The van der Waals surface area contributed by atoms with Crippen LogP contribution in [0, 0.1) is 6.92 Å². The molecule has 184 valence electrons. The third-order valence-corrected chi connectivity index (χ3v) is 11.9. The molecule has 1 N–H and O–H groups in total. The van der Waals surface area contributed by atoms with E-state index in [1.54, 1.807) is 18.1 Å². The number of hydrogen-bond acceptors (Lipinski definition) is 4. The number of ether oxygens (including phenoxy) is 1. The minimum Gasteiger partial charge on any atom is -0.401 e. The van der Waals surface area contributed by atoms with Crippen LogP contribution in [-0.4, -0.2) is 30.1 Å². The molecule has 2 heterocycles. The second kappa shape index (κ2) is 10.2. The predicted molar refractivity (Wildman–Crippen MR) is 145 cm³/mol. The first-order chi connectivity index (χ1) is 16.7. The van der Waals surface area contributed by atoms with Gasteiger partial charge in [0.25, 0.3) is 13.9 Å². The summed E-state index contributed by atoms with van der Waals surface area (Å²) < 4.78 is 15.1. The van der Waals surface area contributed by atoms with Gasteiger partial charge in [-0.15, -0.1) is 0 Å². The fourth-order valence-electron chi connectivity index (χ4n) is 4.91. The van der Waals surface area contributed by atoms with Gasteiger partial charge in [0.05, 0.1) is 6.10 Å². The van der Waals surface area contributed by atoms with Crippen LogP contribution in [0.15, 0.2) is 87.5 Å². The standard InChI is InChI=1S/C27H31BrN2O4Si/c1-19-18-30(26(32)29-25(19)31)24-17-23(22(33-24)15-16-28)34-35(27(2,3)4,20-11-7-5-8-12-20)21-13-9-6-10-14-21/h5-16,18,22-24H,17H2,1-4H3,(H,29,31,32)/b16-15-/t22-,23+,24-/m1/s1. The van der Waals surface area contributed by atoms with E-state index in [4.69, 9.17) is 9.16 Å². The molecule has 1 saturated heterocycles. The van der Waals surface area contributed by atoms with Gasteiger partial charge in [0.15, 0.2) is 0 Å². The number of halogens is 1. The van der Waals surface area contributed by atoms with E-state index in [-0.39, 0.29) is 22.8 Å². The molecule has 0 amide bonds. The van der Waals surface area contributed by atoms with Gasteiger partial charge in [0, 0.05) is 18.2 Å². The van der Waals surface area contributed by atoms with E-state index in [1.807, 2.05) is 18.2 Å². The number of nitrogens with zero attached hydrogens (tertiary/aromatic N) is 1. The molecule has 0 unspecified atom stereocenters. The van der Waals surface area contributed by atoms with Crippen molar-refractivity contribution in [2.75, 3.05) is 0 Å². The van der Waals surface area contributed by atoms with Gasteiger partial charge in [-0.1, -0.05) is 97.4 Å². The summed E-state index contributed by atoms with van der Waals surface area (Å²) in [5.41, 5.74) is -0.420. The Morgan fingerprint density at radius 1 is 1.06 bits per heavy atom. The van der Waals surface area contributed by atoms with Gasteiger partial charge in [-0.3, -0.25) is 14.3 Å². The second-order valence-corrected chi connectivity index (χ2v) is 14.7. The van der Waals surface area contributed by atoms with E-state index in [9.17, 15) is 9.59 Å². The lowest BCUT2D eigenvalue weighted by Crippen LogP contribution is -2.68. The van der Waals surface area contributed by atoms with Gasteiger partial charge >= 0.3 is 5.69 Å². The molecule has 0 aliphatic carbocycles. The number of nitrogens with one attached hydrogen (secondary N) is 1. The average Bonchev–Trinajstić information content (AvgIpc) is 3.22. The quantitative estimate of drug-likeness (QED) is 0.467. The molecule has 1 fully saturated rings. The molecule has 0 radical (unpaired) electrons. The summed E-state index contributed by atoms with van der Waals surface area (Å²) in [4.78, 5) is 28.7. The van der Waals surface area contributed by atoms with Crippen molar-refractivity contribution in [3.05, 3.63) is 104 Å². The third kappa shape index (κ3) is 4.93. The van der Waals surface area contributed by atoms with Crippen molar-refractivity contribution < 1.29 is 9.16 Å². The Morgan fingerprint density at radius 3 is 2.14 bits per heavy atom. The summed E-state index contributed by atoms with van der Waals surface area (Å²) in [6.45, 7) is 8.38. The van der Waals surface area contributed by atoms with E-state index >= 15 is 0 Å². The fraction of sp³-hybridized carbons (Fsp3) is 0.333. The monoisotopic (exact) mass is 554 g/mol. The summed E-state index contributed by atoms with van der Waals surface area (Å²) in [7, 11) is -2.82. The van der Waals surface area contributed by atoms with Crippen LogP contribution in [0.1, 0.15) is 39.0 Å². The van der Waals surface area contributed by atoms with Crippen LogP contribution in [0.2, 0.25) is 5.04 Å². The largest absolute Gasteiger partial charge is 0.401 e. The van der Waals surface area contributed by atoms with Crippen molar-refractivity contribution in [1.29, 1.82) is 0 Å². The van der Waals surface area contributed by atoms with Crippen molar-refractivity contribution in [1.82, 2.24) is 9.55 Å². The highest BCUT2D eigenvalue weighted by Crippen LogP contribution is 2.41. The molecule has 6 nitrogen and oxygen atoms in total. The van der Waals surface area contributed by atoms with E-state index in [0.29, 0.717) is 12.0 Å². The molecule has 35 heavy (non-hydrogen) atoms. The Morgan fingerprint density at radius 2 is 1.63 bits per heavy atom. The van der Waals surface area contributed by atoms with E-state index < -0.39 is 20.2 Å². The number of hydrogen-bond donors (Lipinski definition) is 1. The molecule has 0 spiro atoms. The van der Waals surface area contributed by atoms with Gasteiger partial charge in [-0.25, -0.2) is 4.79 Å². The average molecular weight is 556 g/mol. The number of aromatic amines is 1. The fourth-order valence-corrected chi connectivity index (χ4v) is 9.91. The van der Waals surface area contributed by atoms with Gasteiger partial charge in [0.2, 0.25) is 0 Å². The van der Waals surface area contributed by atoms with Crippen LogP contribution in [0.5, 0.6) is 0 Å². The van der Waals surface area contributed by atoms with Crippen LogP contribution >= 0.6 is 15.9 Å². The summed E-state index contributed by atoms with van der Waals surface area (Å²) in [6, 6.07) is 20.9. The van der Waals surface area contributed by atoms with Crippen molar-refractivity contribution in [3.8, 4) is 0 Å². The third-order valence-electron chi connectivity index (χ3n) is 6.58. The maximum Gasteiger partial charge on any atom is 0.330 e. The Hall–Kier alpha value is -2.52. The maximum atomic E-state index is 12.6. The van der Waals surface area contributed by atoms with Crippen LogP contribution in [0.25, 0.3) is 0 Å². The highest BCUT2D eigenvalue weighted by molar-refractivity contribution is 9.11. The van der Waals surface area contributed by atoms with Crippen molar-refractivity contribution >= 4 is 34.6 Å². The topological polar surface area (TPSA) is 73.3 Å². The lowest BCUT2D eigenvalue weighted by molar-refractivity contribution is 0.00691. The first-order valence-corrected chi connectivity index (χ1v) is 14.5. The molecule has 1 aliphatic rings. The van der Waals surface area contributed by atoms with Crippen LogP contribution in [0.3, 0.4) is 0 Å². The Kier molecular flexibility index (Phi) is 7.47. The molecule has 0 bridgehead atoms. The van der Waals surface area contributed by atoms with Gasteiger partial charge in [-0.2, -0.15) is 0 Å². The highest BCUT2D eigenvalue weighted by Gasteiger charge is 2.53. The maximum absolute atomic E-state index is 12.6. The molecule has 1 aliphatic heterocycles. The first-order valence-electron chi connectivity index (χ1n) is 11.7. The van der Waals surface area contributed by atoms with E-state index in [0.717, 1.165) is 0 Å². The number of aromatic nitrogens is 2. The second-order valence-electron chi connectivity index (χ2n) is 9.91. The molecule has 0 saturated carbocycles. The summed E-state index contributed by atoms with van der Waals surface area (Å²) in [6.07, 6.45) is 2.70. The van der Waals surface area contributed by atoms with Crippen molar-refractivity contribution in [2.24, 2.45) is 0 Å². The molecule has 8 heteroatoms. The van der Waals surface area contributed by atoms with Gasteiger partial charge in [-0.05, 0) is 33.4 Å². The number of rotatable bonds is 6. The summed E-state index contributed by atoms with van der Waals surface area (Å²) in [5.74, 6) is 0. The Bertz CT molecular complexity index is 1260. The number of benzene rings is 2. The van der Waals surface area contributed by atoms with E-state index in [2.05, 4.69) is 90.2 Å². The van der Waals surface area contributed by atoms with Crippen LogP contribution in [0.4, 0.5) is 0 Å². The molecule has 2 aromatic carbocycles. The molecule has 4 rings (SSSR count). The number of aryl methyl sites for hydroxylation is 1. The highest BCUT2D eigenvalue weighted by atomic mass is 79.9. The smallest absolute Gasteiger partial charge is 0.330 e. The zero-order valence-electron chi connectivity index (χ0n) is 20.4. The SMILES string of the molecule is Cc1cn([C@H]2C[C@H](O[Si](c3ccccc3)(c3ccccc3)C(C)(C)C)[C@@H](/C=C\Br)O2)c(=O)[nH]c1=O. The van der Waals surface area contributed by atoms with Crippen LogP contribution < -0.4 is 21.6 Å². The zero-order valence-corrected chi connectivity index (χ0v) is 23.0. The molecule has 3 aromatic rings. The van der Waals surface area contributed by atoms with Crippen molar-refractivity contribution in [3.63, 3.8) is 0 Å². The van der Waals surface area contributed by atoms with Crippen LogP contribution in [-0.2, 0) is 9.16 Å². The predicted octanol–water partition coefficient (Wildman–Crippen LogP) is 3.99. The number of H-pyrrole nitrogens is 1. The van der Waals surface area contributed by atoms with Gasteiger partial charge in [0.1, 0.15) is 12.3 Å². The van der Waals surface area contributed by atoms with Gasteiger partial charge < -0.3 is 9.16 Å². The Labute approximate surface area is 214 Å². The summed E-state index contributed by atoms with van der Waals surface area (Å²) >= 11 is 3.39. The molecular formula is C27H31BrN2O4Si. The summed E-state index contributed by atoms with van der Waals surface area (Å²) in [5, 5.41) is 2.17. The molecule has 3 atom stereocenters. The molecular weight excluding hydrogens is 524 g/mol. The first kappa shape index (κ1) is 25.6. The lowest BCUT2D eigenvalue weighted by Gasteiger charge is -2.45. The molecule has 1 aromatic heterocycles. The minimum atomic E-state index is -2.82. The minimum absolute atomic E-state index is 0.193. The zero-order chi connectivity index (χ0) is 25.2. The normalized spacial score (nSPS) is 21.0. The Balaban J connectivity index is 1.82.